The molecule has 0 radical (unpaired) electrons. The lowest BCUT2D eigenvalue weighted by molar-refractivity contribution is -0.312. The van der Waals surface area contributed by atoms with E-state index >= 15 is 0 Å². The molecular formula is C16H22N4O7. The standard InChI is InChI=1S/C16H22N4O7/c17-12-10(21)6-16(15(24)25,26-8-9-4-2-1-3-5-9)27-14(12)13(23)11(22)7-19-20-18/h1-5,10-14,21-23H,6-8,17H2,(H,24,25)/t10-,11+,12+,13+,14+,16+/m0/s1. The summed E-state index contributed by atoms with van der Waals surface area (Å²) in [6, 6.07) is 7.53. The van der Waals surface area contributed by atoms with Gasteiger partial charge in [0.1, 0.15) is 12.2 Å². The minimum absolute atomic E-state index is 0.126. The van der Waals surface area contributed by atoms with Gasteiger partial charge in [0.05, 0.1) is 31.4 Å². The summed E-state index contributed by atoms with van der Waals surface area (Å²) in [5.74, 6) is -3.78. The number of aliphatic hydroxyl groups excluding tert-OH is 3. The Morgan fingerprint density at radius 3 is 2.70 bits per heavy atom. The van der Waals surface area contributed by atoms with Gasteiger partial charge in [0.2, 0.25) is 0 Å². The quantitative estimate of drug-likeness (QED) is 0.225. The van der Waals surface area contributed by atoms with E-state index in [2.05, 4.69) is 10.0 Å². The first-order valence-corrected chi connectivity index (χ1v) is 8.20. The Kier molecular flexibility index (Phi) is 7.11. The van der Waals surface area contributed by atoms with Crippen molar-refractivity contribution in [3.05, 3.63) is 46.3 Å². The number of ether oxygens (including phenoxy) is 2. The molecule has 1 fully saturated rings. The van der Waals surface area contributed by atoms with Crippen molar-refractivity contribution in [2.24, 2.45) is 10.8 Å². The molecule has 6 N–H and O–H groups in total. The van der Waals surface area contributed by atoms with Gasteiger partial charge in [-0.05, 0) is 11.1 Å². The molecule has 0 aromatic heterocycles. The van der Waals surface area contributed by atoms with E-state index in [1.165, 1.54) is 0 Å². The number of carbonyl (C=O) groups is 1. The molecule has 1 aliphatic heterocycles. The number of benzene rings is 1. The van der Waals surface area contributed by atoms with Crippen LogP contribution in [0.1, 0.15) is 12.0 Å². The molecule has 0 unspecified atom stereocenters. The number of aliphatic hydroxyl groups is 3. The van der Waals surface area contributed by atoms with Crippen LogP contribution in [0, 0.1) is 0 Å². The number of nitrogens with zero attached hydrogens (tertiary/aromatic N) is 3. The van der Waals surface area contributed by atoms with Gasteiger partial charge in [-0.25, -0.2) is 4.79 Å². The van der Waals surface area contributed by atoms with Crippen molar-refractivity contribution in [1.82, 2.24) is 0 Å². The van der Waals surface area contributed by atoms with Crippen LogP contribution in [0.25, 0.3) is 10.4 Å². The van der Waals surface area contributed by atoms with Crippen molar-refractivity contribution in [3.8, 4) is 0 Å². The molecule has 6 atom stereocenters. The number of hydrogen-bond donors (Lipinski definition) is 5. The van der Waals surface area contributed by atoms with Gasteiger partial charge >= 0.3 is 5.97 Å². The summed E-state index contributed by atoms with van der Waals surface area (Å²) in [6.45, 7) is -0.607. The van der Waals surface area contributed by atoms with E-state index in [1.807, 2.05) is 0 Å². The fraction of sp³-hybridized carbons (Fsp3) is 0.562. The number of carboxylic acids is 1. The highest BCUT2D eigenvalue weighted by molar-refractivity contribution is 5.76. The average Bonchev–Trinajstić information content (AvgIpc) is 2.67. The van der Waals surface area contributed by atoms with E-state index in [4.69, 9.17) is 20.7 Å². The Hall–Kier alpha value is -2.24. The number of hydrogen-bond acceptors (Lipinski definition) is 8. The van der Waals surface area contributed by atoms with Gasteiger partial charge in [-0.3, -0.25) is 0 Å². The molecule has 11 heteroatoms. The van der Waals surface area contributed by atoms with Crippen LogP contribution in [0.3, 0.4) is 0 Å². The van der Waals surface area contributed by atoms with Crippen LogP contribution in [-0.2, 0) is 20.9 Å². The number of azide groups is 1. The molecular weight excluding hydrogens is 360 g/mol. The summed E-state index contributed by atoms with van der Waals surface area (Å²) in [4.78, 5) is 14.3. The highest BCUT2D eigenvalue weighted by Crippen LogP contribution is 2.33. The lowest BCUT2D eigenvalue weighted by Gasteiger charge is -2.45. The maximum Gasteiger partial charge on any atom is 0.364 e. The molecule has 0 aliphatic carbocycles. The number of nitrogens with two attached hydrogens (primary N) is 1. The van der Waals surface area contributed by atoms with Crippen molar-refractivity contribution < 1.29 is 34.7 Å². The van der Waals surface area contributed by atoms with Gasteiger partial charge in [-0.2, -0.15) is 0 Å². The average molecular weight is 382 g/mol. The van der Waals surface area contributed by atoms with E-state index in [0.717, 1.165) is 0 Å². The normalized spacial score (nSPS) is 30.1. The highest BCUT2D eigenvalue weighted by Gasteiger charge is 2.54. The first kappa shape index (κ1) is 21.1. The summed E-state index contributed by atoms with van der Waals surface area (Å²) < 4.78 is 10.9. The zero-order valence-corrected chi connectivity index (χ0v) is 14.3. The molecule has 1 aliphatic rings. The lowest BCUT2D eigenvalue weighted by atomic mass is 9.89. The zero-order chi connectivity index (χ0) is 20.0. The monoisotopic (exact) mass is 382 g/mol. The fourth-order valence-electron chi connectivity index (χ4n) is 2.79. The second kappa shape index (κ2) is 9.11. The van der Waals surface area contributed by atoms with Crippen molar-refractivity contribution in [2.45, 2.75) is 49.3 Å². The van der Waals surface area contributed by atoms with Crippen LogP contribution in [0.5, 0.6) is 0 Å². The van der Waals surface area contributed by atoms with E-state index < -0.39 is 55.2 Å². The molecule has 1 aromatic rings. The maximum absolute atomic E-state index is 11.8. The summed E-state index contributed by atoms with van der Waals surface area (Å²) in [5.41, 5.74) is 14.8. The molecule has 1 saturated heterocycles. The Morgan fingerprint density at radius 2 is 2.11 bits per heavy atom. The van der Waals surface area contributed by atoms with Crippen molar-refractivity contribution in [3.63, 3.8) is 0 Å². The number of aliphatic carboxylic acids is 1. The van der Waals surface area contributed by atoms with Crippen molar-refractivity contribution >= 4 is 5.97 Å². The highest BCUT2D eigenvalue weighted by atomic mass is 16.7. The number of rotatable bonds is 8. The predicted molar refractivity (Wildman–Crippen MR) is 91.1 cm³/mol. The van der Waals surface area contributed by atoms with E-state index in [9.17, 15) is 25.2 Å². The van der Waals surface area contributed by atoms with Gasteiger partial charge in [-0.1, -0.05) is 35.4 Å². The first-order valence-electron chi connectivity index (χ1n) is 8.20. The van der Waals surface area contributed by atoms with Crippen molar-refractivity contribution in [1.29, 1.82) is 0 Å². The Labute approximate surface area is 154 Å². The summed E-state index contributed by atoms with van der Waals surface area (Å²) >= 11 is 0. The summed E-state index contributed by atoms with van der Waals surface area (Å²) in [5, 5.41) is 43.2. The minimum atomic E-state index is -2.27. The molecule has 1 heterocycles. The Bertz CT molecular complexity index is 685. The van der Waals surface area contributed by atoms with E-state index in [1.54, 1.807) is 30.3 Å². The SMILES string of the molecule is [N-]=[N+]=NC[C@@H](O)[C@@H](O)[C@@H]1O[C@@](OCc2ccccc2)(C(=O)O)C[C@H](O)[C@H]1N. The van der Waals surface area contributed by atoms with E-state index in [0.29, 0.717) is 5.56 Å². The molecule has 148 valence electrons. The topological polar surface area (TPSA) is 191 Å². The van der Waals surface area contributed by atoms with Crippen LogP contribution in [0.2, 0.25) is 0 Å². The Balaban J connectivity index is 2.21. The molecule has 11 nitrogen and oxygen atoms in total. The van der Waals surface area contributed by atoms with Gasteiger partial charge in [-0.15, -0.1) is 0 Å². The minimum Gasteiger partial charge on any atom is -0.477 e. The Morgan fingerprint density at radius 1 is 1.44 bits per heavy atom. The molecule has 0 bridgehead atoms. The van der Waals surface area contributed by atoms with Crippen LogP contribution in [-0.4, -0.2) is 69.2 Å². The third kappa shape index (κ3) is 4.93. The van der Waals surface area contributed by atoms with Crippen LogP contribution >= 0.6 is 0 Å². The van der Waals surface area contributed by atoms with Crippen LogP contribution < -0.4 is 5.73 Å². The maximum atomic E-state index is 11.8. The van der Waals surface area contributed by atoms with Crippen LogP contribution in [0.15, 0.2) is 35.4 Å². The van der Waals surface area contributed by atoms with Gasteiger partial charge in [0.25, 0.3) is 5.79 Å². The summed E-state index contributed by atoms with van der Waals surface area (Å²) in [7, 11) is 0. The lowest BCUT2D eigenvalue weighted by Crippen LogP contribution is -2.66. The third-order valence-electron chi connectivity index (χ3n) is 4.33. The number of carboxylic acid groups (broad SMARTS) is 1. The molecule has 2 rings (SSSR count). The van der Waals surface area contributed by atoms with Gasteiger partial charge in [0, 0.05) is 11.3 Å². The zero-order valence-electron chi connectivity index (χ0n) is 14.3. The van der Waals surface area contributed by atoms with Gasteiger partial charge in [0.15, 0.2) is 0 Å². The summed E-state index contributed by atoms with van der Waals surface area (Å²) in [6.07, 6.45) is -6.59. The predicted octanol–water partition coefficient (Wildman–Crippen LogP) is -0.507. The first-order chi connectivity index (χ1) is 12.8. The molecule has 27 heavy (non-hydrogen) atoms. The van der Waals surface area contributed by atoms with Gasteiger partial charge < -0.3 is 35.6 Å². The largest absolute Gasteiger partial charge is 0.477 e. The van der Waals surface area contributed by atoms with Crippen molar-refractivity contribution in [2.75, 3.05) is 6.54 Å². The third-order valence-corrected chi connectivity index (χ3v) is 4.33. The molecule has 0 amide bonds. The second-order valence-electron chi connectivity index (χ2n) is 6.24. The molecule has 0 spiro atoms. The van der Waals surface area contributed by atoms with E-state index in [-0.39, 0.29) is 6.61 Å². The fourth-order valence-corrected chi connectivity index (χ4v) is 2.79. The smallest absolute Gasteiger partial charge is 0.364 e. The molecule has 0 saturated carbocycles. The molecule has 1 aromatic carbocycles. The second-order valence-corrected chi connectivity index (χ2v) is 6.24. The van der Waals surface area contributed by atoms with Crippen LogP contribution in [0.4, 0.5) is 0 Å².